The summed E-state index contributed by atoms with van der Waals surface area (Å²) in [4.78, 5) is 15.7. The number of aromatic nitrogens is 4. The van der Waals surface area contributed by atoms with Crippen molar-refractivity contribution >= 4 is 11.9 Å². The van der Waals surface area contributed by atoms with Crippen molar-refractivity contribution in [2.24, 2.45) is 5.41 Å². The zero-order valence-corrected chi connectivity index (χ0v) is 14.4. The maximum atomic E-state index is 11.6. The van der Waals surface area contributed by atoms with E-state index in [1.54, 1.807) is 6.92 Å². The van der Waals surface area contributed by atoms with Crippen LogP contribution >= 0.6 is 0 Å². The lowest BCUT2D eigenvalue weighted by molar-refractivity contribution is -0.128. The molecule has 0 spiro atoms. The van der Waals surface area contributed by atoms with Crippen molar-refractivity contribution in [2.75, 3.05) is 31.1 Å². The molecule has 7 nitrogen and oxygen atoms in total. The molecule has 1 amide bonds. The third-order valence-corrected chi connectivity index (χ3v) is 5.64. The van der Waals surface area contributed by atoms with Crippen LogP contribution in [0.1, 0.15) is 52.4 Å². The van der Waals surface area contributed by atoms with Gasteiger partial charge in [-0.1, -0.05) is 24.9 Å². The van der Waals surface area contributed by atoms with E-state index in [2.05, 4.69) is 27.3 Å². The predicted molar refractivity (Wildman–Crippen MR) is 88.1 cm³/mol. The Balaban J connectivity index is 1.72. The fourth-order valence-electron chi connectivity index (χ4n) is 4.03. The van der Waals surface area contributed by atoms with Gasteiger partial charge in [-0.3, -0.25) is 4.79 Å². The molecule has 2 heterocycles. The molecular weight excluding hydrogens is 292 g/mol. The SMILES string of the molecule is CCC1(Cn2nnnc2N2CCCN(C(C)=O)CC2)CCCC1. The summed E-state index contributed by atoms with van der Waals surface area (Å²) in [7, 11) is 0. The smallest absolute Gasteiger partial charge is 0.245 e. The van der Waals surface area contributed by atoms with Gasteiger partial charge >= 0.3 is 0 Å². The van der Waals surface area contributed by atoms with Crippen LogP contribution < -0.4 is 4.90 Å². The molecule has 0 unspecified atom stereocenters. The Morgan fingerprint density at radius 2 is 1.91 bits per heavy atom. The zero-order valence-electron chi connectivity index (χ0n) is 14.4. The number of anilines is 1. The van der Waals surface area contributed by atoms with Gasteiger partial charge in [0.1, 0.15) is 0 Å². The Morgan fingerprint density at radius 1 is 1.13 bits per heavy atom. The molecule has 0 atom stereocenters. The van der Waals surface area contributed by atoms with Gasteiger partial charge in [-0.25, -0.2) is 4.68 Å². The van der Waals surface area contributed by atoms with Gasteiger partial charge in [0.05, 0.1) is 6.54 Å². The standard InChI is InChI=1S/C16H28N6O/c1-3-16(7-4-5-8-16)13-22-15(17-18-19-22)21-10-6-9-20(11-12-21)14(2)23/h3-13H2,1-2H3. The fraction of sp³-hybridized carbons (Fsp3) is 0.875. The number of tetrazole rings is 1. The molecule has 23 heavy (non-hydrogen) atoms. The molecule has 0 bridgehead atoms. The van der Waals surface area contributed by atoms with E-state index in [9.17, 15) is 4.79 Å². The average Bonchev–Trinajstić information content (AvgIpc) is 3.12. The molecule has 128 valence electrons. The first-order chi connectivity index (χ1) is 11.1. The molecule has 7 heteroatoms. The lowest BCUT2D eigenvalue weighted by atomic mass is 9.83. The van der Waals surface area contributed by atoms with Gasteiger partial charge in [0, 0.05) is 33.1 Å². The minimum absolute atomic E-state index is 0.155. The number of hydrogen-bond donors (Lipinski definition) is 0. The Labute approximate surface area is 138 Å². The van der Waals surface area contributed by atoms with Gasteiger partial charge in [-0.2, -0.15) is 0 Å². The molecule has 3 rings (SSSR count). The number of amides is 1. The summed E-state index contributed by atoms with van der Waals surface area (Å²) in [5, 5.41) is 12.5. The summed E-state index contributed by atoms with van der Waals surface area (Å²) < 4.78 is 2.00. The second kappa shape index (κ2) is 6.84. The summed E-state index contributed by atoms with van der Waals surface area (Å²) in [5.41, 5.74) is 0.362. The second-order valence-electron chi connectivity index (χ2n) is 7.04. The van der Waals surface area contributed by atoms with Gasteiger partial charge in [0.15, 0.2) is 0 Å². The average molecular weight is 320 g/mol. The first-order valence-corrected chi connectivity index (χ1v) is 8.90. The van der Waals surface area contributed by atoms with Crippen molar-refractivity contribution in [2.45, 2.75) is 58.9 Å². The van der Waals surface area contributed by atoms with Crippen LogP contribution in [0.4, 0.5) is 5.95 Å². The fourth-order valence-corrected chi connectivity index (χ4v) is 4.03. The topological polar surface area (TPSA) is 67.2 Å². The van der Waals surface area contributed by atoms with E-state index in [0.717, 1.165) is 45.1 Å². The number of carbonyl (C=O) groups excluding carboxylic acids is 1. The molecule has 2 fully saturated rings. The van der Waals surface area contributed by atoms with Gasteiger partial charge < -0.3 is 9.80 Å². The second-order valence-corrected chi connectivity index (χ2v) is 7.04. The van der Waals surface area contributed by atoms with Crippen molar-refractivity contribution in [1.29, 1.82) is 0 Å². The van der Waals surface area contributed by atoms with E-state index < -0.39 is 0 Å². The van der Waals surface area contributed by atoms with E-state index >= 15 is 0 Å². The van der Waals surface area contributed by atoms with E-state index in [-0.39, 0.29) is 5.91 Å². The highest BCUT2D eigenvalue weighted by Crippen LogP contribution is 2.42. The van der Waals surface area contributed by atoms with E-state index in [1.165, 1.54) is 32.1 Å². The lowest BCUT2D eigenvalue weighted by Gasteiger charge is -2.29. The third-order valence-electron chi connectivity index (χ3n) is 5.64. The van der Waals surface area contributed by atoms with Crippen molar-refractivity contribution in [3.63, 3.8) is 0 Å². The molecule has 1 saturated heterocycles. The Kier molecular flexibility index (Phi) is 4.82. The van der Waals surface area contributed by atoms with E-state index in [0.29, 0.717) is 5.41 Å². The van der Waals surface area contributed by atoms with Crippen LogP contribution in [0.2, 0.25) is 0 Å². The van der Waals surface area contributed by atoms with Crippen LogP contribution in [-0.4, -0.2) is 57.2 Å². The summed E-state index contributed by atoms with van der Waals surface area (Å²) in [6.07, 6.45) is 7.35. The molecule has 0 N–H and O–H groups in total. The summed E-state index contributed by atoms with van der Waals surface area (Å²) in [6.45, 7) is 8.13. The van der Waals surface area contributed by atoms with Crippen LogP contribution in [0.5, 0.6) is 0 Å². The summed E-state index contributed by atoms with van der Waals surface area (Å²) in [6, 6.07) is 0. The molecule has 1 aromatic heterocycles. The van der Waals surface area contributed by atoms with Gasteiger partial charge in [0.25, 0.3) is 0 Å². The highest BCUT2D eigenvalue weighted by Gasteiger charge is 2.34. The number of carbonyl (C=O) groups is 1. The summed E-state index contributed by atoms with van der Waals surface area (Å²) in [5.74, 6) is 1.03. The molecule has 0 aromatic carbocycles. The number of nitrogens with zero attached hydrogens (tertiary/aromatic N) is 6. The third kappa shape index (κ3) is 3.48. The molecule has 1 aliphatic carbocycles. The molecule has 1 saturated carbocycles. The first kappa shape index (κ1) is 16.2. The highest BCUT2D eigenvalue weighted by molar-refractivity contribution is 5.73. The van der Waals surface area contributed by atoms with Crippen LogP contribution in [0.25, 0.3) is 0 Å². The maximum Gasteiger partial charge on any atom is 0.245 e. The zero-order chi connectivity index (χ0) is 16.3. The van der Waals surface area contributed by atoms with Crippen LogP contribution in [-0.2, 0) is 11.3 Å². The highest BCUT2D eigenvalue weighted by atomic mass is 16.2. The van der Waals surface area contributed by atoms with Crippen LogP contribution in [0.15, 0.2) is 0 Å². The van der Waals surface area contributed by atoms with Crippen LogP contribution in [0.3, 0.4) is 0 Å². The summed E-state index contributed by atoms with van der Waals surface area (Å²) >= 11 is 0. The molecule has 1 aromatic rings. The van der Waals surface area contributed by atoms with Crippen molar-refractivity contribution in [1.82, 2.24) is 25.1 Å². The molecule has 2 aliphatic rings. The number of hydrogen-bond acceptors (Lipinski definition) is 5. The lowest BCUT2D eigenvalue weighted by Crippen LogP contribution is -2.35. The van der Waals surface area contributed by atoms with E-state index in [4.69, 9.17) is 0 Å². The van der Waals surface area contributed by atoms with Gasteiger partial charge in [-0.15, -0.1) is 0 Å². The molecular formula is C16H28N6O. The molecule has 0 radical (unpaired) electrons. The van der Waals surface area contributed by atoms with E-state index in [1.807, 2.05) is 9.58 Å². The Hall–Kier alpha value is -1.66. The van der Waals surface area contributed by atoms with Crippen LogP contribution in [0, 0.1) is 5.41 Å². The number of rotatable bonds is 4. The minimum Gasteiger partial charge on any atom is -0.341 e. The maximum absolute atomic E-state index is 11.6. The normalized spacial score (nSPS) is 21.5. The largest absolute Gasteiger partial charge is 0.341 e. The van der Waals surface area contributed by atoms with Gasteiger partial charge in [-0.05, 0) is 41.5 Å². The van der Waals surface area contributed by atoms with Crippen molar-refractivity contribution in [3.8, 4) is 0 Å². The quantitative estimate of drug-likeness (QED) is 0.845. The first-order valence-electron chi connectivity index (χ1n) is 8.90. The Morgan fingerprint density at radius 3 is 2.61 bits per heavy atom. The van der Waals surface area contributed by atoms with Crippen molar-refractivity contribution < 1.29 is 4.79 Å². The van der Waals surface area contributed by atoms with Gasteiger partial charge in [0.2, 0.25) is 11.9 Å². The monoisotopic (exact) mass is 320 g/mol. The Bertz CT molecular complexity index is 536. The predicted octanol–water partition coefficient (Wildman–Crippen LogP) is 1.70. The molecule has 1 aliphatic heterocycles. The minimum atomic E-state index is 0.155. The van der Waals surface area contributed by atoms with Crippen molar-refractivity contribution in [3.05, 3.63) is 0 Å².